The van der Waals surface area contributed by atoms with Gasteiger partial charge >= 0.3 is 0 Å². The van der Waals surface area contributed by atoms with Gasteiger partial charge in [0.05, 0.1) is 0 Å². The zero-order valence-corrected chi connectivity index (χ0v) is 14.2. The molecule has 0 bridgehead atoms. The maximum Gasteiger partial charge on any atom is 0.258 e. The van der Waals surface area contributed by atoms with Gasteiger partial charge in [0.1, 0.15) is 5.75 Å². The van der Waals surface area contributed by atoms with E-state index in [-0.39, 0.29) is 31.0 Å². The maximum atomic E-state index is 11.8. The molecular formula is C18H23ClN2O2. The van der Waals surface area contributed by atoms with Crippen LogP contribution in [0.4, 0.5) is 0 Å². The minimum Gasteiger partial charge on any atom is -0.484 e. The first-order chi connectivity index (χ1) is 10.6. The third-order valence-electron chi connectivity index (χ3n) is 3.60. The van der Waals surface area contributed by atoms with Gasteiger partial charge in [0.2, 0.25) is 0 Å². The molecule has 0 radical (unpaired) electrons. The van der Waals surface area contributed by atoms with E-state index in [9.17, 15) is 4.79 Å². The van der Waals surface area contributed by atoms with Crippen molar-refractivity contribution < 1.29 is 9.53 Å². The predicted octanol–water partition coefficient (Wildman–Crippen LogP) is 2.92. The lowest BCUT2D eigenvalue weighted by Gasteiger charge is -2.13. The third kappa shape index (κ3) is 5.93. The van der Waals surface area contributed by atoms with Gasteiger partial charge in [-0.25, -0.2) is 0 Å². The molecule has 3 N–H and O–H groups in total. The third-order valence-corrected chi connectivity index (χ3v) is 3.60. The fourth-order valence-electron chi connectivity index (χ4n) is 2.05. The summed E-state index contributed by atoms with van der Waals surface area (Å²) in [7, 11) is 0. The molecule has 0 heterocycles. The van der Waals surface area contributed by atoms with Crippen LogP contribution in [0.1, 0.15) is 22.7 Å². The molecule has 1 atom stereocenters. The molecule has 0 aliphatic carbocycles. The topological polar surface area (TPSA) is 64.3 Å². The lowest BCUT2D eigenvalue weighted by Crippen LogP contribution is -2.35. The molecule has 1 amide bonds. The second-order valence-corrected chi connectivity index (χ2v) is 5.36. The summed E-state index contributed by atoms with van der Waals surface area (Å²) in [6.07, 6.45) is 0. The zero-order valence-electron chi connectivity index (χ0n) is 13.4. The highest BCUT2D eigenvalue weighted by atomic mass is 35.5. The molecule has 1 unspecified atom stereocenters. The highest BCUT2D eigenvalue weighted by Gasteiger charge is 2.08. The van der Waals surface area contributed by atoms with Crippen LogP contribution < -0.4 is 15.8 Å². The van der Waals surface area contributed by atoms with E-state index in [1.807, 2.05) is 62.4 Å². The van der Waals surface area contributed by atoms with Crippen LogP contribution in [0, 0.1) is 13.8 Å². The highest BCUT2D eigenvalue weighted by Crippen LogP contribution is 2.16. The minimum atomic E-state index is -0.216. The number of hydrogen-bond donors (Lipinski definition) is 2. The minimum absolute atomic E-state index is 0. The average Bonchev–Trinajstić information content (AvgIpc) is 2.54. The van der Waals surface area contributed by atoms with Crippen molar-refractivity contribution in [3.05, 3.63) is 65.2 Å². The maximum absolute atomic E-state index is 11.8. The van der Waals surface area contributed by atoms with Crippen LogP contribution in [0.25, 0.3) is 0 Å². The van der Waals surface area contributed by atoms with Gasteiger partial charge in [-0.1, -0.05) is 36.4 Å². The van der Waals surface area contributed by atoms with Crippen molar-refractivity contribution in [3.8, 4) is 5.75 Å². The van der Waals surface area contributed by atoms with Crippen LogP contribution in [0.15, 0.2) is 48.5 Å². The van der Waals surface area contributed by atoms with Crippen LogP contribution in [-0.2, 0) is 4.79 Å². The number of nitrogens with two attached hydrogens (primary N) is 1. The van der Waals surface area contributed by atoms with Crippen LogP contribution in [-0.4, -0.2) is 19.1 Å². The van der Waals surface area contributed by atoms with Gasteiger partial charge in [-0.05, 0) is 42.7 Å². The van der Waals surface area contributed by atoms with E-state index >= 15 is 0 Å². The van der Waals surface area contributed by atoms with Crippen LogP contribution >= 0.6 is 12.4 Å². The summed E-state index contributed by atoms with van der Waals surface area (Å²) in [5.74, 6) is 0.523. The number of rotatable bonds is 6. The van der Waals surface area contributed by atoms with Crippen molar-refractivity contribution in [1.82, 2.24) is 5.32 Å². The van der Waals surface area contributed by atoms with Crippen molar-refractivity contribution in [2.45, 2.75) is 19.9 Å². The van der Waals surface area contributed by atoms with E-state index < -0.39 is 0 Å². The van der Waals surface area contributed by atoms with E-state index in [0.29, 0.717) is 12.3 Å². The molecule has 0 spiro atoms. The molecule has 2 aromatic carbocycles. The number of hydrogen-bond acceptors (Lipinski definition) is 3. The summed E-state index contributed by atoms with van der Waals surface area (Å²) in [4.78, 5) is 11.8. The Balaban J connectivity index is 0.00000264. The molecular weight excluding hydrogens is 312 g/mol. The molecule has 2 aromatic rings. The number of aryl methyl sites for hydroxylation is 2. The summed E-state index contributed by atoms with van der Waals surface area (Å²) in [6, 6.07) is 15.3. The van der Waals surface area contributed by atoms with Crippen LogP contribution in [0.2, 0.25) is 0 Å². The summed E-state index contributed by atoms with van der Waals surface area (Å²) in [5, 5.41) is 2.79. The van der Waals surface area contributed by atoms with Crippen molar-refractivity contribution in [2.24, 2.45) is 5.73 Å². The fourth-order valence-corrected chi connectivity index (χ4v) is 2.05. The van der Waals surface area contributed by atoms with Gasteiger partial charge in [0.25, 0.3) is 5.91 Å². The van der Waals surface area contributed by atoms with Crippen molar-refractivity contribution in [2.75, 3.05) is 13.2 Å². The summed E-state index contributed by atoms with van der Waals surface area (Å²) < 4.78 is 5.49. The molecule has 0 fully saturated rings. The number of nitrogens with one attached hydrogen (secondary N) is 1. The predicted molar refractivity (Wildman–Crippen MR) is 95.0 cm³/mol. The van der Waals surface area contributed by atoms with Gasteiger partial charge in [-0.3, -0.25) is 4.79 Å². The summed E-state index contributed by atoms with van der Waals surface area (Å²) >= 11 is 0. The SMILES string of the molecule is Cc1ccc(OCC(=O)NCC(N)c2ccccc2)cc1C.Cl. The molecule has 0 saturated heterocycles. The van der Waals surface area contributed by atoms with E-state index in [1.54, 1.807) is 0 Å². The van der Waals surface area contributed by atoms with Crippen LogP contribution in [0.5, 0.6) is 5.75 Å². The molecule has 2 rings (SSSR count). The number of ether oxygens (including phenoxy) is 1. The van der Waals surface area contributed by atoms with E-state index in [1.165, 1.54) is 5.56 Å². The Labute approximate surface area is 143 Å². The van der Waals surface area contributed by atoms with Gasteiger partial charge in [-0.15, -0.1) is 12.4 Å². The fraction of sp³-hybridized carbons (Fsp3) is 0.278. The largest absolute Gasteiger partial charge is 0.484 e. The first kappa shape index (κ1) is 19.0. The molecule has 124 valence electrons. The Morgan fingerprint density at radius 1 is 1.13 bits per heavy atom. The zero-order chi connectivity index (χ0) is 15.9. The molecule has 5 heteroatoms. The highest BCUT2D eigenvalue weighted by molar-refractivity contribution is 5.85. The standard InChI is InChI=1S/C18H22N2O2.ClH/c1-13-8-9-16(10-14(13)2)22-12-18(21)20-11-17(19)15-6-4-3-5-7-15;/h3-10,17H,11-12,19H2,1-2H3,(H,20,21);1H. The van der Waals surface area contributed by atoms with Gasteiger partial charge in [-0.2, -0.15) is 0 Å². The molecule has 0 aliphatic rings. The summed E-state index contributed by atoms with van der Waals surface area (Å²) in [5.41, 5.74) is 9.37. The number of benzene rings is 2. The smallest absolute Gasteiger partial charge is 0.258 e. The van der Waals surface area contributed by atoms with Gasteiger partial charge in [0.15, 0.2) is 6.61 Å². The lowest BCUT2D eigenvalue weighted by molar-refractivity contribution is -0.123. The normalized spacial score (nSPS) is 11.3. The van der Waals surface area contributed by atoms with Gasteiger partial charge < -0.3 is 15.8 Å². The number of halogens is 1. The van der Waals surface area contributed by atoms with Crippen LogP contribution in [0.3, 0.4) is 0 Å². The number of carbonyl (C=O) groups is 1. The quantitative estimate of drug-likeness (QED) is 0.853. The molecule has 0 aliphatic heterocycles. The summed E-state index contributed by atoms with van der Waals surface area (Å²) in [6.45, 7) is 4.43. The monoisotopic (exact) mass is 334 g/mol. The Hall–Kier alpha value is -2.04. The second-order valence-electron chi connectivity index (χ2n) is 5.36. The van der Waals surface area contributed by atoms with Gasteiger partial charge in [0, 0.05) is 12.6 Å². The van der Waals surface area contributed by atoms with E-state index in [4.69, 9.17) is 10.5 Å². The first-order valence-corrected chi connectivity index (χ1v) is 7.33. The second kappa shape index (κ2) is 9.18. The average molecular weight is 335 g/mol. The molecule has 4 nitrogen and oxygen atoms in total. The Kier molecular flexibility index (Phi) is 7.59. The molecule has 23 heavy (non-hydrogen) atoms. The first-order valence-electron chi connectivity index (χ1n) is 7.33. The molecule has 0 aromatic heterocycles. The number of amides is 1. The Morgan fingerprint density at radius 3 is 2.48 bits per heavy atom. The molecule has 0 saturated carbocycles. The Morgan fingerprint density at radius 2 is 1.83 bits per heavy atom. The Bertz CT molecular complexity index is 632. The lowest BCUT2D eigenvalue weighted by atomic mass is 10.1. The van der Waals surface area contributed by atoms with Crippen molar-refractivity contribution in [3.63, 3.8) is 0 Å². The van der Waals surface area contributed by atoms with Crippen molar-refractivity contribution in [1.29, 1.82) is 0 Å². The van der Waals surface area contributed by atoms with E-state index in [0.717, 1.165) is 11.1 Å². The van der Waals surface area contributed by atoms with E-state index in [2.05, 4.69) is 5.32 Å². The van der Waals surface area contributed by atoms with Crippen molar-refractivity contribution >= 4 is 18.3 Å². The number of carbonyl (C=O) groups excluding carboxylic acids is 1.